The van der Waals surface area contributed by atoms with E-state index >= 15 is 0 Å². The summed E-state index contributed by atoms with van der Waals surface area (Å²) in [5.41, 5.74) is 1.85. The van der Waals surface area contributed by atoms with Crippen molar-refractivity contribution in [1.82, 2.24) is 9.55 Å². The highest BCUT2D eigenvalue weighted by molar-refractivity contribution is 5.76. The van der Waals surface area contributed by atoms with Crippen molar-refractivity contribution < 1.29 is 5.11 Å². The molecule has 1 heterocycles. The number of fused-ring (bicyclic) bond motifs is 1. The van der Waals surface area contributed by atoms with E-state index < -0.39 is 6.10 Å². The minimum Gasteiger partial charge on any atom is -0.385 e. The van der Waals surface area contributed by atoms with Crippen LogP contribution in [0.1, 0.15) is 25.3 Å². The predicted octanol–water partition coefficient (Wildman–Crippen LogP) is 2.11. The van der Waals surface area contributed by atoms with Gasteiger partial charge in [-0.25, -0.2) is 4.98 Å². The fourth-order valence-electron chi connectivity index (χ4n) is 1.79. The van der Waals surface area contributed by atoms with Gasteiger partial charge in [-0.3, -0.25) is 0 Å². The SMILES string of the molecule is C#CCn1c(C(O)CC)nc2ccccc21. The summed E-state index contributed by atoms with van der Waals surface area (Å²) in [5.74, 6) is 3.25. The highest BCUT2D eigenvalue weighted by atomic mass is 16.3. The van der Waals surface area contributed by atoms with Gasteiger partial charge in [-0.05, 0) is 18.6 Å². The van der Waals surface area contributed by atoms with Crippen LogP contribution < -0.4 is 0 Å². The molecule has 1 unspecified atom stereocenters. The lowest BCUT2D eigenvalue weighted by molar-refractivity contribution is 0.160. The maximum atomic E-state index is 9.89. The maximum absolute atomic E-state index is 9.89. The average Bonchev–Trinajstić information content (AvgIpc) is 2.68. The molecule has 0 amide bonds. The van der Waals surface area contributed by atoms with E-state index in [2.05, 4.69) is 10.9 Å². The fraction of sp³-hybridized carbons (Fsp3) is 0.308. The van der Waals surface area contributed by atoms with Gasteiger partial charge in [-0.1, -0.05) is 25.0 Å². The van der Waals surface area contributed by atoms with Crippen molar-refractivity contribution in [2.75, 3.05) is 0 Å². The summed E-state index contributed by atoms with van der Waals surface area (Å²) in [5, 5.41) is 9.89. The second-order valence-electron chi connectivity index (χ2n) is 3.67. The molecule has 0 aliphatic rings. The second-order valence-corrected chi connectivity index (χ2v) is 3.67. The number of aliphatic hydroxyl groups is 1. The zero-order valence-corrected chi connectivity index (χ0v) is 9.22. The van der Waals surface area contributed by atoms with Gasteiger partial charge in [0, 0.05) is 0 Å². The van der Waals surface area contributed by atoms with Crippen LogP contribution in [0.5, 0.6) is 0 Å². The van der Waals surface area contributed by atoms with Gasteiger partial charge in [-0.2, -0.15) is 0 Å². The topological polar surface area (TPSA) is 38.0 Å². The molecule has 0 radical (unpaired) electrons. The number of hydrogen-bond acceptors (Lipinski definition) is 2. The van der Waals surface area contributed by atoms with Crippen LogP contribution in [0.15, 0.2) is 24.3 Å². The van der Waals surface area contributed by atoms with Crippen LogP contribution in [0, 0.1) is 12.3 Å². The first-order valence-electron chi connectivity index (χ1n) is 5.34. The summed E-state index contributed by atoms with van der Waals surface area (Å²) in [7, 11) is 0. The number of para-hydroxylation sites is 2. The Labute approximate surface area is 94.7 Å². The van der Waals surface area contributed by atoms with Crippen molar-refractivity contribution in [1.29, 1.82) is 0 Å². The Hall–Kier alpha value is -1.79. The van der Waals surface area contributed by atoms with E-state index in [0.29, 0.717) is 18.8 Å². The number of rotatable bonds is 3. The van der Waals surface area contributed by atoms with Crippen molar-refractivity contribution in [3.05, 3.63) is 30.1 Å². The summed E-state index contributed by atoms with van der Waals surface area (Å²) >= 11 is 0. The number of benzene rings is 1. The Morgan fingerprint density at radius 2 is 2.25 bits per heavy atom. The monoisotopic (exact) mass is 214 g/mol. The number of hydrogen-bond donors (Lipinski definition) is 1. The third-order valence-electron chi connectivity index (χ3n) is 2.62. The number of nitrogens with zero attached hydrogens (tertiary/aromatic N) is 2. The van der Waals surface area contributed by atoms with Crippen LogP contribution in [0.25, 0.3) is 11.0 Å². The zero-order chi connectivity index (χ0) is 11.5. The Balaban J connectivity index is 2.64. The smallest absolute Gasteiger partial charge is 0.139 e. The largest absolute Gasteiger partial charge is 0.385 e. The van der Waals surface area contributed by atoms with Crippen molar-refractivity contribution in [3.63, 3.8) is 0 Å². The lowest BCUT2D eigenvalue weighted by Crippen LogP contribution is -2.07. The molecular weight excluding hydrogens is 200 g/mol. The van der Waals surface area contributed by atoms with Gasteiger partial charge in [0.15, 0.2) is 0 Å². The molecule has 0 saturated heterocycles. The van der Waals surface area contributed by atoms with Gasteiger partial charge >= 0.3 is 0 Å². The average molecular weight is 214 g/mol. The standard InChI is InChI=1S/C13H14N2O/c1-3-9-15-11-8-6-5-7-10(11)14-13(15)12(16)4-2/h1,5-8,12,16H,4,9H2,2H3. The van der Waals surface area contributed by atoms with Gasteiger partial charge < -0.3 is 9.67 Å². The predicted molar refractivity (Wildman–Crippen MR) is 63.8 cm³/mol. The zero-order valence-electron chi connectivity index (χ0n) is 9.22. The van der Waals surface area contributed by atoms with E-state index in [1.165, 1.54) is 0 Å². The van der Waals surface area contributed by atoms with Crippen LogP contribution in [0.2, 0.25) is 0 Å². The molecule has 0 aliphatic carbocycles. The lowest BCUT2D eigenvalue weighted by atomic mass is 10.2. The molecule has 3 nitrogen and oxygen atoms in total. The molecule has 1 N–H and O–H groups in total. The van der Waals surface area contributed by atoms with E-state index in [-0.39, 0.29) is 0 Å². The van der Waals surface area contributed by atoms with Crippen molar-refractivity contribution in [3.8, 4) is 12.3 Å². The van der Waals surface area contributed by atoms with E-state index in [9.17, 15) is 5.11 Å². The Morgan fingerprint density at radius 3 is 2.94 bits per heavy atom. The Bertz CT molecular complexity index is 536. The minimum atomic E-state index is -0.555. The number of aliphatic hydroxyl groups excluding tert-OH is 1. The minimum absolute atomic E-state index is 0.437. The summed E-state index contributed by atoms with van der Waals surface area (Å²) in [6, 6.07) is 7.76. The van der Waals surface area contributed by atoms with Gasteiger partial charge in [0.2, 0.25) is 0 Å². The molecule has 2 rings (SSSR count). The van der Waals surface area contributed by atoms with E-state index in [4.69, 9.17) is 6.42 Å². The van der Waals surface area contributed by atoms with Crippen LogP contribution in [0.3, 0.4) is 0 Å². The quantitative estimate of drug-likeness (QED) is 0.795. The molecule has 1 aromatic carbocycles. The lowest BCUT2D eigenvalue weighted by Gasteiger charge is -2.09. The van der Waals surface area contributed by atoms with E-state index in [1.807, 2.05) is 35.8 Å². The van der Waals surface area contributed by atoms with Gasteiger partial charge in [0.05, 0.1) is 17.6 Å². The normalized spacial score (nSPS) is 12.6. The molecule has 0 aliphatic heterocycles. The molecular formula is C13H14N2O. The van der Waals surface area contributed by atoms with E-state index in [0.717, 1.165) is 11.0 Å². The van der Waals surface area contributed by atoms with Crippen molar-refractivity contribution in [2.24, 2.45) is 0 Å². The molecule has 0 fully saturated rings. The van der Waals surface area contributed by atoms with Crippen LogP contribution >= 0.6 is 0 Å². The summed E-state index contributed by atoms with van der Waals surface area (Å²) in [6.45, 7) is 2.36. The van der Waals surface area contributed by atoms with Crippen molar-refractivity contribution in [2.45, 2.75) is 26.0 Å². The first-order valence-corrected chi connectivity index (χ1v) is 5.34. The summed E-state index contributed by atoms with van der Waals surface area (Å²) in [6.07, 6.45) is 5.42. The van der Waals surface area contributed by atoms with E-state index in [1.54, 1.807) is 0 Å². The first-order chi connectivity index (χ1) is 7.77. The summed E-state index contributed by atoms with van der Waals surface area (Å²) in [4.78, 5) is 4.42. The molecule has 0 spiro atoms. The fourth-order valence-corrected chi connectivity index (χ4v) is 1.79. The van der Waals surface area contributed by atoms with Gasteiger partial charge in [0.1, 0.15) is 11.9 Å². The molecule has 1 aromatic heterocycles. The number of terminal acetylenes is 1. The maximum Gasteiger partial charge on any atom is 0.139 e. The third kappa shape index (κ3) is 1.68. The first kappa shape index (κ1) is 10.7. The highest BCUT2D eigenvalue weighted by Crippen LogP contribution is 2.22. The molecule has 0 bridgehead atoms. The van der Waals surface area contributed by atoms with Gasteiger partial charge in [0.25, 0.3) is 0 Å². The molecule has 16 heavy (non-hydrogen) atoms. The molecule has 82 valence electrons. The Morgan fingerprint density at radius 1 is 1.50 bits per heavy atom. The molecule has 2 aromatic rings. The second kappa shape index (κ2) is 4.38. The molecule has 0 saturated carbocycles. The van der Waals surface area contributed by atoms with Gasteiger partial charge in [-0.15, -0.1) is 6.42 Å². The number of imidazole rings is 1. The van der Waals surface area contributed by atoms with Crippen LogP contribution in [0.4, 0.5) is 0 Å². The van der Waals surface area contributed by atoms with Crippen LogP contribution in [-0.4, -0.2) is 14.7 Å². The molecule has 1 atom stereocenters. The summed E-state index contributed by atoms with van der Waals surface area (Å²) < 4.78 is 1.89. The van der Waals surface area contributed by atoms with Crippen molar-refractivity contribution >= 4 is 11.0 Å². The van der Waals surface area contributed by atoms with Crippen LogP contribution in [-0.2, 0) is 6.54 Å². The third-order valence-corrected chi connectivity index (χ3v) is 2.62. The number of aromatic nitrogens is 2. The highest BCUT2D eigenvalue weighted by Gasteiger charge is 2.15. The molecule has 3 heteroatoms. The Kier molecular flexibility index (Phi) is 2.93.